The Kier molecular flexibility index (Phi) is 4.94. The van der Waals surface area contributed by atoms with Crippen molar-refractivity contribution in [2.45, 2.75) is 46.6 Å². The lowest BCUT2D eigenvalue weighted by Gasteiger charge is -2.34. The van der Waals surface area contributed by atoms with Crippen LogP contribution in [0.4, 0.5) is 0 Å². The van der Waals surface area contributed by atoms with Crippen molar-refractivity contribution in [1.82, 2.24) is 9.47 Å². The van der Waals surface area contributed by atoms with Gasteiger partial charge in [0.1, 0.15) is 5.36 Å². The van der Waals surface area contributed by atoms with E-state index in [1.807, 2.05) is 25.7 Å². The second-order valence-electron chi connectivity index (χ2n) is 5.43. The van der Waals surface area contributed by atoms with Crippen molar-refractivity contribution in [3.63, 3.8) is 0 Å². The highest BCUT2D eigenvalue weighted by Crippen LogP contribution is 2.36. The third-order valence-electron chi connectivity index (χ3n) is 4.56. The average molecular weight is 305 g/mol. The fourth-order valence-corrected chi connectivity index (χ4v) is 3.58. The van der Waals surface area contributed by atoms with Gasteiger partial charge in [-0.2, -0.15) is 0 Å². The van der Waals surface area contributed by atoms with E-state index in [2.05, 4.69) is 16.5 Å². The van der Waals surface area contributed by atoms with Crippen LogP contribution in [0.25, 0.3) is 0 Å². The van der Waals surface area contributed by atoms with E-state index in [1.165, 1.54) is 5.69 Å². The Morgan fingerprint density at radius 2 is 2.05 bits per heavy atom. The van der Waals surface area contributed by atoms with Crippen LogP contribution >= 0.6 is 0 Å². The molecule has 22 heavy (non-hydrogen) atoms. The van der Waals surface area contributed by atoms with E-state index in [4.69, 9.17) is 4.74 Å². The minimum atomic E-state index is 0.0636. The summed E-state index contributed by atoms with van der Waals surface area (Å²) in [6, 6.07) is 0.385. The van der Waals surface area contributed by atoms with Crippen molar-refractivity contribution in [2.24, 2.45) is 4.99 Å². The van der Waals surface area contributed by atoms with Crippen LogP contribution in [-0.2, 0) is 6.42 Å². The Labute approximate surface area is 132 Å². The summed E-state index contributed by atoms with van der Waals surface area (Å²) in [5.74, 6) is 0.692. The smallest absolute Gasteiger partial charge is 0.274 e. The first kappa shape index (κ1) is 16.6. The number of hydrogen-bond acceptors (Lipinski definition) is 3. The van der Waals surface area contributed by atoms with Crippen LogP contribution in [0.1, 0.15) is 55.0 Å². The van der Waals surface area contributed by atoms with E-state index in [0.29, 0.717) is 17.5 Å². The van der Waals surface area contributed by atoms with Gasteiger partial charge in [0.05, 0.1) is 13.2 Å². The van der Waals surface area contributed by atoms with Gasteiger partial charge in [-0.05, 0) is 32.3 Å². The summed E-state index contributed by atoms with van der Waals surface area (Å²) in [4.78, 5) is 19.0. The van der Waals surface area contributed by atoms with Crippen LogP contribution in [0.3, 0.4) is 0 Å². The van der Waals surface area contributed by atoms with Crippen LogP contribution in [-0.4, -0.2) is 42.6 Å². The van der Waals surface area contributed by atoms with E-state index >= 15 is 0 Å². The number of rotatable bonds is 2. The Balaban J connectivity index is 0.000000847. The van der Waals surface area contributed by atoms with E-state index in [9.17, 15) is 4.79 Å². The summed E-state index contributed by atoms with van der Waals surface area (Å²) in [6.07, 6.45) is 2.11. The maximum Gasteiger partial charge on any atom is 0.274 e. The molecule has 3 rings (SSSR count). The zero-order valence-electron chi connectivity index (χ0n) is 14.6. The van der Waals surface area contributed by atoms with Crippen LogP contribution in [0.15, 0.2) is 4.99 Å². The van der Waals surface area contributed by atoms with Crippen molar-refractivity contribution in [3.8, 4) is 5.75 Å². The maximum absolute atomic E-state index is 12.7. The van der Waals surface area contributed by atoms with Gasteiger partial charge >= 0.3 is 0 Å². The molecule has 5 heteroatoms. The molecule has 0 N–H and O–H groups in total. The van der Waals surface area contributed by atoms with Gasteiger partial charge in [0.15, 0.2) is 11.4 Å². The van der Waals surface area contributed by atoms with Crippen LogP contribution in [0.5, 0.6) is 5.75 Å². The highest BCUT2D eigenvalue weighted by atomic mass is 16.5. The molecule has 0 saturated carbocycles. The van der Waals surface area contributed by atoms with Crippen LogP contribution in [0.2, 0.25) is 0 Å². The lowest BCUT2D eigenvalue weighted by Crippen LogP contribution is -2.44. The van der Waals surface area contributed by atoms with Crippen molar-refractivity contribution < 1.29 is 9.53 Å². The number of likely N-dealkylation sites (N-methyl/N-ethyl adjacent to an activating group) is 1. The fourth-order valence-electron chi connectivity index (χ4n) is 3.58. The van der Waals surface area contributed by atoms with E-state index in [0.717, 1.165) is 36.9 Å². The molecule has 3 heterocycles. The maximum atomic E-state index is 12.7. The first-order valence-electron chi connectivity index (χ1n) is 8.18. The normalized spacial score (nSPS) is 19.7. The van der Waals surface area contributed by atoms with Gasteiger partial charge in [-0.25, -0.2) is 0 Å². The summed E-state index contributed by atoms with van der Waals surface area (Å²) in [7, 11) is 3.38. The Morgan fingerprint density at radius 3 is 2.59 bits per heavy atom. The average Bonchev–Trinajstić information content (AvgIpc) is 2.98. The third kappa shape index (κ3) is 2.23. The molecule has 1 amide bonds. The second kappa shape index (κ2) is 6.55. The fraction of sp³-hybridized carbons (Fsp3) is 0.647. The third-order valence-corrected chi connectivity index (χ3v) is 4.56. The van der Waals surface area contributed by atoms with E-state index in [1.54, 1.807) is 14.2 Å². The number of carbonyl (C=O) groups excluding carboxylic acids is 1. The molecule has 1 aromatic rings. The van der Waals surface area contributed by atoms with Gasteiger partial charge in [0, 0.05) is 25.8 Å². The van der Waals surface area contributed by atoms with Gasteiger partial charge in [0.25, 0.3) is 5.91 Å². The lowest BCUT2D eigenvalue weighted by molar-refractivity contribution is 0.0677. The number of amides is 1. The largest absolute Gasteiger partial charge is 0.492 e. The SMILES string of the molecule is CC.CCN1CC2CCc3c(C)c(=NC)c(OC)c(n32)C1=O. The first-order chi connectivity index (χ1) is 10.6. The molecule has 0 bridgehead atoms. The molecule has 5 nitrogen and oxygen atoms in total. The highest BCUT2D eigenvalue weighted by Gasteiger charge is 2.38. The molecule has 0 aromatic carbocycles. The predicted molar refractivity (Wildman–Crippen MR) is 87.5 cm³/mol. The van der Waals surface area contributed by atoms with Crippen LogP contribution < -0.4 is 10.1 Å². The van der Waals surface area contributed by atoms with Crippen molar-refractivity contribution in [3.05, 3.63) is 22.3 Å². The minimum Gasteiger partial charge on any atom is -0.492 e. The Hall–Kier alpha value is -1.78. The van der Waals surface area contributed by atoms with Crippen molar-refractivity contribution in [1.29, 1.82) is 0 Å². The summed E-state index contributed by atoms with van der Waals surface area (Å²) in [5.41, 5.74) is 3.08. The second-order valence-corrected chi connectivity index (χ2v) is 5.43. The monoisotopic (exact) mass is 305 g/mol. The molecule has 122 valence electrons. The molecule has 1 unspecified atom stereocenters. The molecule has 1 aromatic heterocycles. The van der Waals surface area contributed by atoms with Gasteiger partial charge in [-0.15, -0.1) is 0 Å². The molecular formula is C17H27N3O2. The number of aromatic nitrogens is 1. The van der Waals surface area contributed by atoms with Gasteiger partial charge in [0.2, 0.25) is 0 Å². The first-order valence-corrected chi connectivity index (χ1v) is 8.18. The zero-order chi connectivity index (χ0) is 16.4. The molecule has 0 fully saturated rings. The molecule has 0 spiro atoms. The number of hydrogen-bond donors (Lipinski definition) is 0. The zero-order valence-corrected chi connectivity index (χ0v) is 14.6. The number of pyridine rings is 1. The van der Waals surface area contributed by atoms with Crippen LogP contribution in [0, 0.1) is 6.92 Å². The number of carbonyl (C=O) groups is 1. The summed E-state index contributed by atoms with van der Waals surface area (Å²) in [6.45, 7) is 9.65. The lowest BCUT2D eigenvalue weighted by atomic mass is 10.1. The molecule has 2 aliphatic heterocycles. The standard InChI is InChI=1S/C15H21N3O2.C2H6/c1-5-17-8-10-6-7-11-9(2)12(16-3)14(20-4)13(15(17)19)18(10)11;1-2/h10H,5-8H2,1-4H3;1-2H3. The van der Waals surface area contributed by atoms with Crippen molar-refractivity contribution >= 4 is 5.91 Å². The number of ether oxygens (including phenoxy) is 1. The Bertz CT molecular complexity index is 646. The topological polar surface area (TPSA) is 46.8 Å². The molecule has 0 radical (unpaired) electrons. The molecule has 0 saturated heterocycles. The minimum absolute atomic E-state index is 0.0636. The van der Waals surface area contributed by atoms with Crippen molar-refractivity contribution in [2.75, 3.05) is 27.2 Å². The number of nitrogens with zero attached hydrogens (tertiary/aromatic N) is 3. The molecular weight excluding hydrogens is 278 g/mol. The molecule has 1 atom stereocenters. The van der Waals surface area contributed by atoms with E-state index in [-0.39, 0.29) is 5.91 Å². The van der Waals surface area contributed by atoms with Gasteiger partial charge < -0.3 is 14.2 Å². The predicted octanol–water partition coefficient (Wildman–Crippen LogP) is 2.32. The van der Waals surface area contributed by atoms with Gasteiger partial charge in [-0.1, -0.05) is 13.8 Å². The quantitative estimate of drug-likeness (QED) is 0.842. The number of methoxy groups -OCH3 is 1. The summed E-state index contributed by atoms with van der Waals surface area (Å²) in [5, 5.41) is 0.820. The van der Waals surface area contributed by atoms with Gasteiger partial charge in [-0.3, -0.25) is 9.79 Å². The Morgan fingerprint density at radius 1 is 1.36 bits per heavy atom. The molecule has 2 aliphatic rings. The summed E-state index contributed by atoms with van der Waals surface area (Å²) >= 11 is 0. The summed E-state index contributed by atoms with van der Waals surface area (Å²) < 4.78 is 7.75. The highest BCUT2D eigenvalue weighted by molar-refractivity contribution is 5.96. The van der Waals surface area contributed by atoms with E-state index < -0.39 is 0 Å². The molecule has 0 aliphatic carbocycles.